The van der Waals surface area contributed by atoms with Crippen LogP contribution in [0.1, 0.15) is 35.4 Å². The van der Waals surface area contributed by atoms with Gasteiger partial charge in [0.15, 0.2) is 11.7 Å². The summed E-state index contributed by atoms with van der Waals surface area (Å²) in [6.45, 7) is 1.75. The third kappa shape index (κ3) is 3.87. The predicted molar refractivity (Wildman–Crippen MR) is 102 cm³/mol. The van der Waals surface area contributed by atoms with Gasteiger partial charge in [0.2, 0.25) is 0 Å². The number of Topliss-reactive ketones (excluding diaryl/α,β-unsaturated/α-hetero) is 1. The van der Waals surface area contributed by atoms with Crippen molar-refractivity contribution in [2.75, 3.05) is 0 Å². The molecular weight excluding hydrogens is 340 g/mol. The van der Waals surface area contributed by atoms with Crippen molar-refractivity contribution in [2.24, 2.45) is 7.05 Å². The van der Waals surface area contributed by atoms with Gasteiger partial charge in [-0.2, -0.15) is 5.26 Å². The van der Waals surface area contributed by atoms with E-state index in [1.807, 2.05) is 30.3 Å². The molecule has 27 heavy (non-hydrogen) atoms. The van der Waals surface area contributed by atoms with Gasteiger partial charge in [-0.15, -0.1) is 0 Å². The average molecular weight is 360 g/mol. The van der Waals surface area contributed by atoms with Crippen molar-refractivity contribution < 1.29 is 9.59 Å². The Morgan fingerprint density at radius 3 is 2.48 bits per heavy atom. The molecule has 2 unspecified atom stereocenters. The van der Waals surface area contributed by atoms with Crippen LogP contribution in [0, 0.1) is 11.3 Å². The van der Waals surface area contributed by atoms with Gasteiger partial charge in [0.25, 0.3) is 5.91 Å². The van der Waals surface area contributed by atoms with E-state index in [-0.39, 0.29) is 18.1 Å². The molecule has 6 nitrogen and oxygen atoms in total. The van der Waals surface area contributed by atoms with Crippen LogP contribution in [0.5, 0.6) is 0 Å². The van der Waals surface area contributed by atoms with Gasteiger partial charge in [0.05, 0.1) is 17.1 Å². The van der Waals surface area contributed by atoms with Gasteiger partial charge >= 0.3 is 0 Å². The molecule has 1 N–H and O–H groups in total. The molecule has 1 aromatic heterocycles. The van der Waals surface area contributed by atoms with Crippen LogP contribution < -0.4 is 5.32 Å². The summed E-state index contributed by atoms with van der Waals surface area (Å²) in [7, 11) is 1.79. The fourth-order valence-electron chi connectivity index (χ4n) is 3.06. The second-order valence-electron chi connectivity index (χ2n) is 6.49. The van der Waals surface area contributed by atoms with E-state index < -0.39 is 12.0 Å². The lowest BCUT2D eigenvalue weighted by Gasteiger charge is -2.15. The number of fused-ring (bicyclic) bond motifs is 1. The number of carbonyl (C=O) groups is 2. The van der Waals surface area contributed by atoms with Crippen LogP contribution in [0.25, 0.3) is 11.0 Å². The first-order valence-electron chi connectivity index (χ1n) is 8.71. The number of carbonyl (C=O) groups excluding carboxylic acids is 2. The number of amides is 1. The van der Waals surface area contributed by atoms with E-state index >= 15 is 0 Å². The zero-order valence-corrected chi connectivity index (χ0v) is 15.2. The number of nitriles is 1. The molecule has 2 aromatic carbocycles. The summed E-state index contributed by atoms with van der Waals surface area (Å²) in [5.41, 5.74) is 2.14. The Morgan fingerprint density at radius 1 is 1.15 bits per heavy atom. The van der Waals surface area contributed by atoms with Crippen LogP contribution in [-0.2, 0) is 11.8 Å². The zero-order chi connectivity index (χ0) is 19.4. The molecule has 1 amide bonds. The lowest BCUT2D eigenvalue weighted by molar-refractivity contribution is -0.119. The van der Waals surface area contributed by atoms with E-state index in [0.29, 0.717) is 11.4 Å². The standard InChI is InChI=1S/C21H20N4O2/c1-14(23-21(27)15-8-4-3-5-9-15)12-19(26)16(13-22)20-24-17-10-6-7-11-18(17)25(20)2/h3-11,14,16H,12H2,1-2H3,(H,23,27). The SMILES string of the molecule is CC(CC(=O)C(C#N)c1nc2ccccc2n1C)NC(=O)c1ccccc1. The maximum absolute atomic E-state index is 12.7. The van der Waals surface area contributed by atoms with Crippen LogP contribution >= 0.6 is 0 Å². The van der Waals surface area contributed by atoms with Crippen molar-refractivity contribution in [1.82, 2.24) is 14.9 Å². The number of hydrogen-bond acceptors (Lipinski definition) is 4. The number of rotatable bonds is 6. The highest BCUT2D eigenvalue weighted by Crippen LogP contribution is 2.22. The van der Waals surface area contributed by atoms with Crippen LogP contribution in [0.3, 0.4) is 0 Å². The Kier molecular flexibility index (Phi) is 5.32. The maximum atomic E-state index is 12.7. The number of ketones is 1. The van der Waals surface area contributed by atoms with E-state index in [4.69, 9.17) is 0 Å². The topological polar surface area (TPSA) is 87.8 Å². The molecule has 2 atom stereocenters. The van der Waals surface area contributed by atoms with Gasteiger partial charge in [-0.1, -0.05) is 30.3 Å². The molecule has 0 bridgehead atoms. The van der Waals surface area contributed by atoms with E-state index in [1.54, 1.807) is 42.8 Å². The third-order valence-electron chi connectivity index (χ3n) is 4.45. The average Bonchev–Trinajstić information content (AvgIpc) is 3.00. The molecule has 1 heterocycles. The lowest BCUT2D eigenvalue weighted by Crippen LogP contribution is -2.35. The van der Waals surface area contributed by atoms with Gasteiger partial charge in [-0.3, -0.25) is 9.59 Å². The van der Waals surface area contributed by atoms with Crippen molar-refractivity contribution in [3.8, 4) is 6.07 Å². The summed E-state index contributed by atoms with van der Waals surface area (Å²) < 4.78 is 1.77. The number of nitrogens with one attached hydrogen (secondary N) is 1. The summed E-state index contributed by atoms with van der Waals surface area (Å²) >= 11 is 0. The number of benzene rings is 2. The van der Waals surface area contributed by atoms with Crippen LogP contribution in [0.2, 0.25) is 0 Å². The Labute approximate surface area is 157 Å². The summed E-state index contributed by atoms with van der Waals surface area (Å²) in [5, 5.41) is 12.4. The second-order valence-corrected chi connectivity index (χ2v) is 6.49. The molecule has 3 rings (SSSR count). The summed E-state index contributed by atoms with van der Waals surface area (Å²) in [6, 6.07) is 18.0. The van der Waals surface area contributed by atoms with E-state index in [1.165, 1.54) is 0 Å². The fraction of sp³-hybridized carbons (Fsp3) is 0.238. The lowest BCUT2D eigenvalue weighted by atomic mass is 9.99. The highest BCUT2D eigenvalue weighted by molar-refractivity contribution is 5.95. The van der Waals surface area contributed by atoms with E-state index in [0.717, 1.165) is 11.0 Å². The van der Waals surface area contributed by atoms with E-state index in [9.17, 15) is 14.9 Å². The van der Waals surface area contributed by atoms with Gasteiger partial charge in [0, 0.05) is 25.1 Å². The van der Waals surface area contributed by atoms with Gasteiger partial charge in [-0.05, 0) is 31.2 Å². The first-order chi connectivity index (χ1) is 13.0. The molecule has 0 fully saturated rings. The van der Waals surface area contributed by atoms with Crippen molar-refractivity contribution >= 4 is 22.7 Å². The summed E-state index contributed by atoms with van der Waals surface area (Å²) in [4.78, 5) is 29.4. The molecule has 0 saturated carbocycles. The Balaban J connectivity index is 1.72. The summed E-state index contributed by atoms with van der Waals surface area (Å²) in [6.07, 6.45) is 0.0556. The molecule has 0 aliphatic rings. The van der Waals surface area contributed by atoms with Crippen molar-refractivity contribution in [2.45, 2.75) is 25.3 Å². The Bertz CT molecular complexity index is 1020. The third-order valence-corrected chi connectivity index (χ3v) is 4.45. The maximum Gasteiger partial charge on any atom is 0.251 e. The minimum Gasteiger partial charge on any atom is -0.349 e. The molecule has 3 aromatic rings. The number of para-hydroxylation sites is 2. The number of imidazole rings is 1. The predicted octanol–water partition coefficient (Wildman–Crippen LogP) is 2.96. The van der Waals surface area contributed by atoms with Gasteiger partial charge in [0.1, 0.15) is 5.82 Å². The molecule has 0 spiro atoms. The van der Waals surface area contributed by atoms with Crippen molar-refractivity contribution in [1.29, 1.82) is 5.26 Å². The number of aromatic nitrogens is 2. The highest BCUT2D eigenvalue weighted by atomic mass is 16.2. The molecule has 0 aliphatic heterocycles. The quantitative estimate of drug-likeness (QED) is 0.732. The van der Waals surface area contributed by atoms with Crippen LogP contribution in [0.4, 0.5) is 0 Å². The molecule has 0 radical (unpaired) electrons. The second kappa shape index (κ2) is 7.83. The van der Waals surface area contributed by atoms with Crippen LogP contribution in [0.15, 0.2) is 54.6 Å². The fourth-order valence-corrected chi connectivity index (χ4v) is 3.06. The van der Waals surface area contributed by atoms with Crippen molar-refractivity contribution in [3.05, 3.63) is 66.0 Å². The van der Waals surface area contributed by atoms with Crippen LogP contribution in [-0.4, -0.2) is 27.3 Å². The summed E-state index contributed by atoms with van der Waals surface area (Å²) in [5.74, 6) is -1.06. The molecule has 6 heteroatoms. The largest absolute Gasteiger partial charge is 0.349 e. The monoisotopic (exact) mass is 360 g/mol. The zero-order valence-electron chi connectivity index (χ0n) is 15.2. The normalized spacial score (nSPS) is 12.9. The number of hydrogen-bond donors (Lipinski definition) is 1. The molecule has 0 saturated heterocycles. The molecule has 0 aliphatic carbocycles. The van der Waals surface area contributed by atoms with Gasteiger partial charge in [-0.25, -0.2) is 4.98 Å². The number of nitrogens with zero attached hydrogens (tertiary/aromatic N) is 3. The van der Waals surface area contributed by atoms with Crippen molar-refractivity contribution in [3.63, 3.8) is 0 Å². The highest BCUT2D eigenvalue weighted by Gasteiger charge is 2.27. The number of aryl methyl sites for hydroxylation is 1. The first-order valence-corrected chi connectivity index (χ1v) is 8.71. The minimum absolute atomic E-state index is 0.0556. The molecule has 136 valence electrons. The van der Waals surface area contributed by atoms with Gasteiger partial charge < -0.3 is 9.88 Å². The smallest absolute Gasteiger partial charge is 0.251 e. The first kappa shape index (κ1) is 18.3. The minimum atomic E-state index is -0.974. The van der Waals surface area contributed by atoms with E-state index in [2.05, 4.69) is 16.4 Å². The Hall–Kier alpha value is -3.46. The Morgan fingerprint density at radius 2 is 1.81 bits per heavy atom. The molecular formula is C21H20N4O2.